The summed E-state index contributed by atoms with van der Waals surface area (Å²) in [6.45, 7) is 5.80. The van der Waals surface area contributed by atoms with E-state index in [0.717, 1.165) is 17.0 Å². The number of nitrogens with zero attached hydrogens (tertiary/aromatic N) is 2. The number of aromatic amines is 1. The molecule has 0 atom stereocenters. The van der Waals surface area contributed by atoms with Crippen LogP contribution < -0.4 is 5.43 Å². The highest BCUT2D eigenvalue weighted by molar-refractivity contribution is 8.14. The van der Waals surface area contributed by atoms with Crippen LogP contribution in [0.1, 0.15) is 34.2 Å². The van der Waals surface area contributed by atoms with E-state index in [4.69, 9.17) is 4.74 Å². The van der Waals surface area contributed by atoms with Crippen molar-refractivity contribution in [2.24, 2.45) is 10.1 Å². The van der Waals surface area contributed by atoms with Gasteiger partial charge in [0.1, 0.15) is 11.5 Å². The van der Waals surface area contributed by atoms with Gasteiger partial charge in [-0.3, -0.25) is 5.43 Å². The summed E-state index contributed by atoms with van der Waals surface area (Å²) in [5.74, 6) is -0.257. The highest BCUT2D eigenvalue weighted by Crippen LogP contribution is 2.25. The van der Waals surface area contributed by atoms with Crippen LogP contribution in [-0.4, -0.2) is 34.2 Å². The van der Waals surface area contributed by atoms with Gasteiger partial charge in [0.15, 0.2) is 5.17 Å². The zero-order valence-electron chi connectivity index (χ0n) is 14.7. The summed E-state index contributed by atoms with van der Waals surface area (Å²) in [7, 11) is 0. The van der Waals surface area contributed by atoms with Gasteiger partial charge in [0.25, 0.3) is 0 Å². The van der Waals surface area contributed by atoms with E-state index in [1.807, 2.05) is 13.8 Å². The van der Waals surface area contributed by atoms with Gasteiger partial charge in [-0.15, -0.1) is 0 Å². The Morgan fingerprint density at radius 1 is 1.35 bits per heavy atom. The van der Waals surface area contributed by atoms with Crippen molar-refractivity contribution in [3.05, 3.63) is 52.6 Å². The number of hydrazone groups is 1. The van der Waals surface area contributed by atoms with Crippen molar-refractivity contribution in [2.75, 3.05) is 12.4 Å². The summed E-state index contributed by atoms with van der Waals surface area (Å²) < 4.78 is 18.9. The second-order valence-electron chi connectivity index (χ2n) is 5.67. The summed E-state index contributed by atoms with van der Waals surface area (Å²) in [6.07, 6.45) is 0. The number of hydrogen-bond acceptors (Lipinski definition) is 5. The van der Waals surface area contributed by atoms with E-state index in [1.54, 1.807) is 25.1 Å². The van der Waals surface area contributed by atoms with Crippen LogP contribution in [0.25, 0.3) is 0 Å². The first-order valence-electron chi connectivity index (χ1n) is 8.16. The maximum absolute atomic E-state index is 13.7. The number of benzene rings is 1. The first-order valence-corrected chi connectivity index (χ1v) is 9.15. The number of carbonyl (C=O) groups is 1. The minimum absolute atomic E-state index is 0.252. The molecule has 0 unspecified atom stereocenters. The number of H-pyrrole nitrogens is 1. The average Bonchev–Trinajstić information content (AvgIpc) is 2.92. The minimum atomic E-state index is -0.390. The maximum atomic E-state index is 13.7. The van der Waals surface area contributed by atoms with Crippen LogP contribution in [-0.2, 0) is 4.74 Å². The molecule has 0 spiro atoms. The molecule has 0 fully saturated rings. The van der Waals surface area contributed by atoms with Gasteiger partial charge in [-0.25, -0.2) is 14.2 Å². The Balaban J connectivity index is 1.88. The zero-order valence-corrected chi connectivity index (χ0v) is 15.5. The van der Waals surface area contributed by atoms with Crippen LogP contribution in [0.3, 0.4) is 0 Å². The Morgan fingerprint density at radius 3 is 2.77 bits per heavy atom. The molecule has 136 valence electrons. The van der Waals surface area contributed by atoms with Crippen LogP contribution in [0.5, 0.6) is 0 Å². The van der Waals surface area contributed by atoms with Gasteiger partial charge in [-0.05, 0) is 32.9 Å². The summed E-state index contributed by atoms with van der Waals surface area (Å²) >= 11 is 1.40. The molecule has 2 N–H and O–H groups in total. The first-order chi connectivity index (χ1) is 12.5. The first kappa shape index (κ1) is 18.2. The molecule has 6 nitrogen and oxygen atoms in total. The fourth-order valence-corrected chi connectivity index (χ4v) is 3.51. The molecule has 3 rings (SSSR count). The van der Waals surface area contributed by atoms with Gasteiger partial charge in [0.05, 0.1) is 17.9 Å². The second kappa shape index (κ2) is 7.74. The van der Waals surface area contributed by atoms with Crippen molar-refractivity contribution in [1.29, 1.82) is 0 Å². The molecule has 8 heteroatoms. The number of carbonyl (C=O) groups excluding carboxylic acids is 1. The van der Waals surface area contributed by atoms with Crippen molar-refractivity contribution in [2.45, 2.75) is 20.8 Å². The number of aliphatic imine (C=N–C) groups is 1. The average molecular weight is 374 g/mol. The van der Waals surface area contributed by atoms with E-state index < -0.39 is 0 Å². The summed E-state index contributed by atoms with van der Waals surface area (Å²) in [4.78, 5) is 19.7. The molecule has 2 aromatic rings. The molecule has 0 saturated heterocycles. The van der Waals surface area contributed by atoms with E-state index in [0.29, 0.717) is 28.8 Å². The quantitative estimate of drug-likeness (QED) is 0.801. The molecule has 1 aliphatic heterocycles. The number of thioether (sulfide) groups is 1. The van der Waals surface area contributed by atoms with Crippen molar-refractivity contribution in [1.82, 2.24) is 10.4 Å². The smallest absolute Gasteiger partial charge is 0.340 e. The maximum Gasteiger partial charge on any atom is 0.340 e. The summed E-state index contributed by atoms with van der Waals surface area (Å²) in [6, 6.07) is 6.30. The number of nitrogens with one attached hydrogen (secondary N) is 2. The lowest BCUT2D eigenvalue weighted by atomic mass is 10.1. The van der Waals surface area contributed by atoms with Crippen molar-refractivity contribution < 1.29 is 13.9 Å². The molecule has 0 saturated carbocycles. The summed E-state index contributed by atoms with van der Waals surface area (Å²) in [5, 5.41) is 4.85. The molecule has 1 aliphatic rings. The zero-order chi connectivity index (χ0) is 18.7. The Hall–Kier alpha value is -2.61. The van der Waals surface area contributed by atoms with Gasteiger partial charge in [-0.2, -0.15) is 5.10 Å². The largest absolute Gasteiger partial charge is 0.462 e. The highest BCUT2D eigenvalue weighted by Gasteiger charge is 2.26. The molecule has 0 aliphatic carbocycles. The molecular formula is C18H19FN4O2S. The Morgan fingerprint density at radius 2 is 2.12 bits per heavy atom. The molecule has 2 heterocycles. The number of rotatable bonds is 4. The Labute approximate surface area is 154 Å². The fraction of sp³-hybridized carbons (Fsp3) is 0.278. The van der Waals surface area contributed by atoms with Crippen LogP contribution in [0.2, 0.25) is 0 Å². The third-order valence-corrected chi connectivity index (χ3v) is 4.72. The van der Waals surface area contributed by atoms with E-state index >= 15 is 0 Å². The van der Waals surface area contributed by atoms with Crippen molar-refractivity contribution in [3.8, 4) is 0 Å². The van der Waals surface area contributed by atoms with Crippen molar-refractivity contribution >= 4 is 34.3 Å². The molecular weight excluding hydrogens is 355 g/mol. The molecule has 26 heavy (non-hydrogen) atoms. The molecule has 1 aromatic heterocycles. The fourth-order valence-electron chi connectivity index (χ4n) is 2.75. The number of ether oxygens (including phenoxy) is 1. The molecule has 0 radical (unpaired) electrons. The lowest BCUT2D eigenvalue weighted by Gasteiger charge is -2.16. The van der Waals surface area contributed by atoms with E-state index in [1.165, 1.54) is 17.8 Å². The van der Waals surface area contributed by atoms with Crippen LogP contribution in [0, 0.1) is 19.7 Å². The van der Waals surface area contributed by atoms with Gasteiger partial charge in [0.2, 0.25) is 0 Å². The van der Waals surface area contributed by atoms with Crippen molar-refractivity contribution in [3.63, 3.8) is 0 Å². The molecule has 0 bridgehead atoms. The number of aryl methyl sites for hydroxylation is 2. The van der Waals surface area contributed by atoms with Crippen LogP contribution >= 0.6 is 11.8 Å². The number of para-hydroxylation sites is 1. The third-order valence-electron chi connectivity index (χ3n) is 3.85. The monoisotopic (exact) mass is 374 g/mol. The van der Waals surface area contributed by atoms with Gasteiger partial charge < -0.3 is 9.72 Å². The number of halogens is 1. The van der Waals surface area contributed by atoms with Gasteiger partial charge in [0, 0.05) is 22.7 Å². The number of esters is 1. The van der Waals surface area contributed by atoms with E-state index in [2.05, 4.69) is 20.5 Å². The SMILES string of the molecule is CCOC(=O)c1c(C)[nH]c(C)c1C1=NNC(=Nc2ccccc2F)SC1. The second-order valence-corrected chi connectivity index (χ2v) is 6.64. The normalized spacial score (nSPS) is 15.5. The number of aromatic nitrogens is 1. The standard InChI is InChI=1S/C18H19FN4O2S/c1-4-25-17(24)16-11(3)20-10(2)15(16)14-9-26-18(23-22-14)21-13-8-6-5-7-12(13)19/h5-8,20H,4,9H2,1-3H3,(H,21,23). The third kappa shape index (κ3) is 3.65. The molecule has 1 aromatic carbocycles. The van der Waals surface area contributed by atoms with Crippen LogP contribution in [0.4, 0.5) is 10.1 Å². The lowest BCUT2D eigenvalue weighted by Crippen LogP contribution is -2.26. The van der Waals surface area contributed by atoms with Gasteiger partial charge >= 0.3 is 5.97 Å². The van der Waals surface area contributed by atoms with Crippen LogP contribution in [0.15, 0.2) is 34.4 Å². The topological polar surface area (TPSA) is 78.8 Å². The lowest BCUT2D eigenvalue weighted by molar-refractivity contribution is 0.0525. The summed E-state index contributed by atoms with van der Waals surface area (Å²) in [5.41, 5.74) is 6.65. The van der Waals surface area contributed by atoms with Gasteiger partial charge in [-0.1, -0.05) is 23.9 Å². The Bertz CT molecular complexity index is 905. The highest BCUT2D eigenvalue weighted by atomic mass is 32.2. The van der Waals surface area contributed by atoms with E-state index in [9.17, 15) is 9.18 Å². The minimum Gasteiger partial charge on any atom is -0.462 e. The Kier molecular flexibility index (Phi) is 5.41. The van der Waals surface area contributed by atoms with E-state index in [-0.39, 0.29) is 17.5 Å². The number of amidine groups is 1. The molecule has 0 amide bonds. The predicted molar refractivity (Wildman–Crippen MR) is 102 cm³/mol. The number of hydrogen-bond donors (Lipinski definition) is 2. The predicted octanol–water partition coefficient (Wildman–Crippen LogP) is 3.68.